The minimum absolute atomic E-state index is 0.566. The Hall–Kier alpha value is -1.11. The van der Waals surface area contributed by atoms with Gasteiger partial charge in [0.15, 0.2) is 0 Å². The molecule has 1 rings (SSSR count). The zero-order chi connectivity index (χ0) is 15.0. The molecule has 0 saturated heterocycles. The summed E-state index contributed by atoms with van der Waals surface area (Å²) in [6.07, 6.45) is -4.27. The van der Waals surface area contributed by atoms with Gasteiger partial charge in [0.05, 0.1) is 12.2 Å². The van der Waals surface area contributed by atoms with E-state index in [1.165, 1.54) is 12.1 Å². The Morgan fingerprint density at radius 3 is 2.35 bits per heavy atom. The first-order valence-electron chi connectivity index (χ1n) is 6.48. The van der Waals surface area contributed by atoms with Crippen molar-refractivity contribution >= 4 is 0 Å². The van der Waals surface area contributed by atoms with Gasteiger partial charge in [-0.1, -0.05) is 12.1 Å². The maximum atomic E-state index is 12.4. The molecule has 0 spiro atoms. The van der Waals surface area contributed by atoms with Crippen molar-refractivity contribution in [3.05, 3.63) is 35.4 Å². The molecule has 1 aromatic rings. The first-order chi connectivity index (χ1) is 9.43. The summed E-state index contributed by atoms with van der Waals surface area (Å²) in [5.41, 5.74) is 0.234. The number of hydrogen-bond acceptors (Lipinski definition) is 3. The van der Waals surface area contributed by atoms with Crippen LogP contribution in [0.15, 0.2) is 24.3 Å². The van der Waals surface area contributed by atoms with Crippen molar-refractivity contribution in [2.24, 2.45) is 0 Å². The normalized spacial score (nSPS) is 12.1. The van der Waals surface area contributed by atoms with Crippen LogP contribution in [0.4, 0.5) is 13.2 Å². The lowest BCUT2D eigenvalue weighted by atomic mass is 10.1. The molecule has 0 fully saturated rings. The van der Waals surface area contributed by atoms with E-state index in [0.717, 1.165) is 37.3 Å². The number of alkyl halides is 3. The van der Waals surface area contributed by atoms with Crippen molar-refractivity contribution in [1.82, 2.24) is 10.2 Å². The fourth-order valence-electron chi connectivity index (χ4n) is 1.67. The Balaban J connectivity index is 2.26. The third kappa shape index (κ3) is 6.36. The first-order valence-corrected chi connectivity index (χ1v) is 6.48. The molecule has 20 heavy (non-hydrogen) atoms. The molecule has 0 heterocycles. The third-order valence-corrected chi connectivity index (χ3v) is 2.96. The Labute approximate surface area is 117 Å². The topological polar surface area (TPSA) is 24.5 Å². The summed E-state index contributed by atoms with van der Waals surface area (Å²) < 4.78 is 42.1. The number of ether oxygens (including phenoxy) is 1. The van der Waals surface area contributed by atoms with Crippen molar-refractivity contribution in [3.8, 4) is 0 Å². The minimum atomic E-state index is -4.27. The highest BCUT2D eigenvalue weighted by Gasteiger charge is 2.29. The molecule has 0 amide bonds. The molecule has 1 N–H and O–H groups in total. The van der Waals surface area contributed by atoms with Gasteiger partial charge in [-0.15, -0.1) is 0 Å². The monoisotopic (exact) mass is 290 g/mol. The summed E-state index contributed by atoms with van der Waals surface area (Å²) in [6.45, 7) is 3.76. The van der Waals surface area contributed by atoms with Crippen molar-refractivity contribution in [1.29, 1.82) is 0 Å². The maximum absolute atomic E-state index is 12.4. The smallest absolute Gasteiger partial charge is 0.383 e. The van der Waals surface area contributed by atoms with Crippen LogP contribution < -0.4 is 5.32 Å². The van der Waals surface area contributed by atoms with Crippen LogP contribution in [0.25, 0.3) is 0 Å². The summed E-state index contributed by atoms with van der Waals surface area (Å²) >= 11 is 0. The van der Waals surface area contributed by atoms with E-state index in [2.05, 4.69) is 10.2 Å². The molecule has 1 aromatic carbocycles. The van der Waals surface area contributed by atoms with E-state index in [1.807, 2.05) is 7.05 Å². The molecule has 0 aliphatic heterocycles. The Morgan fingerprint density at radius 2 is 1.80 bits per heavy atom. The average Bonchev–Trinajstić information content (AvgIpc) is 2.41. The number of nitrogens with one attached hydrogen (secondary N) is 1. The van der Waals surface area contributed by atoms with Crippen molar-refractivity contribution < 1.29 is 17.9 Å². The summed E-state index contributed by atoms with van der Waals surface area (Å²) in [7, 11) is 3.66. The molecule has 0 bridgehead atoms. The van der Waals surface area contributed by atoms with Crippen LogP contribution in [-0.4, -0.2) is 45.3 Å². The van der Waals surface area contributed by atoms with E-state index >= 15 is 0 Å². The second kappa shape index (κ2) is 8.24. The predicted molar refractivity (Wildman–Crippen MR) is 72.5 cm³/mol. The van der Waals surface area contributed by atoms with E-state index in [9.17, 15) is 13.2 Å². The third-order valence-electron chi connectivity index (χ3n) is 2.96. The highest BCUT2D eigenvalue weighted by atomic mass is 19.4. The summed E-state index contributed by atoms with van der Waals surface area (Å²) in [5.74, 6) is 0. The summed E-state index contributed by atoms with van der Waals surface area (Å²) in [4.78, 5) is 2.13. The molecule has 3 nitrogen and oxygen atoms in total. The van der Waals surface area contributed by atoms with Crippen LogP contribution in [0.1, 0.15) is 11.1 Å². The number of methoxy groups -OCH3 is 1. The van der Waals surface area contributed by atoms with Crippen molar-refractivity contribution in [2.45, 2.75) is 12.7 Å². The fourth-order valence-corrected chi connectivity index (χ4v) is 1.67. The van der Waals surface area contributed by atoms with Crippen LogP contribution in [0, 0.1) is 0 Å². The first kappa shape index (κ1) is 16.9. The number of nitrogens with zero attached hydrogens (tertiary/aromatic N) is 1. The largest absolute Gasteiger partial charge is 0.416 e. The molecular weight excluding hydrogens is 269 g/mol. The zero-order valence-electron chi connectivity index (χ0n) is 11.8. The molecule has 0 radical (unpaired) electrons. The maximum Gasteiger partial charge on any atom is 0.416 e. The second-order valence-corrected chi connectivity index (χ2v) is 4.67. The molecule has 0 atom stereocenters. The molecule has 0 saturated carbocycles. The molecule has 6 heteroatoms. The van der Waals surface area contributed by atoms with Gasteiger partial charge in [0.1, 0.15) is 0 Å². The van der Waals surface area contributed by atoms with E-state index in [0.29, 0.717) is 13.2 Å². The van der Waals surface area contributed by atoms with Crippen molar-refractivity contribution in [2.75, 3.05) is 40.4 Å². The van der Waals surface area contributed by atoms with E-state index in [4.69, 9.17) is 4.74 Å². The van der Waals surface area contributed by atoms with Gasteiger partial charge in [0, 0.05) is 33.3 Å². The standard InChI is InChI=1S/C14H21F3N2O/c1-19(9-10-20-2)8-7-18-11-12-3-5-13(6-4-12)14(15,16)17/h3-6,18H,7-11H2,1-2H3. The number of rotatable bonds is 8. The summed E-state index contributed by atoms with van der Waals surface area (Å²) in [6, 6.07) is 5.23. The number of likely N-dealkylation sites (N-methyl/N-ethyl adjacent to an activating group) is 1. The Morgan fingerprint density at radius 1 is 1.15 bits per heavy atom. The minimum Gasteiger partial charge on any atom is -0.383 e. The lowest BCUT2D eigenvalue weighted by Gasteiger charge is -2.16. The van der Waals surface area contributed by atoms with Gasteiger partial charge >= 0.3 is 6.18 Å². The molecule has 0 unspecified atom stereocenters. The number of benzene rings is 1. The molecule has 114 valence electrons. The lowest BCUT2D eigenvalue weighted by molar-refractivity contribution is -0.137. The molecular formula is C14H21F3N2O. The SMILES string of the molecule is COCCN(C)CCNCc1ccc(C(F)(F)F)cc1. The van der Waals surface area contributed by atoms with E-state index < -0.39 is 11.7 Å². The van der Waals surface area contributed by atoms with Gasteiger partial charge in [0.2, 0.25) is 0 Å². The summed E-state index contributed by atoms with van der Waals surface area (Å²) in [5, 5.41) is 3.20. The van der Waals surface area contributed by atoms with Crippen LogP contribution in [0.3, 0.4) is 0 Å². The Bertz CT molecular complexity index is 379. The van der Waals surface area contributed by atoms with Gasteiger partial charge in [-0.2, -0.15) is 13.2 Å². The number of halogens is 3. The fraction of sp³-hybridized carbons (Fsp3) is 0.571. The molecule has 0 aliphatic carbocycles. The van der Waals surface area contributed by atoms with Crippen molar-refractivity contribution in [3.63, 3.8) is 0 Å². The average molecular weight is 290 g/mol. The zero-order valence-corrected chi connectivity index (χ0v) is 11.8. The van der Waals surface area contributed by atoms with Gasteiger partial charge in [0.25, 0.3) is 0 Å². The Kier molecular flexibility index (Phi) is 6.98. The van der Waals surface area contributed by atoms with Gasteiger partial charge in [-0.3, -0.25) is 0 Å². The molecule has 0 aliphatic rings. The van der Waals surface area contributed by atoms with Crippen LogP contribution in [0.5, 0.6) is 0 Å². The second-order valence-electron chi connectivity index (χ2n) is 4.67. The van der Waals surface area contributed by atoms with Gasteiger partial charge in [-0.05, 0) is 24.7 Å². The highest BCUT2D eigenvalue weighted by Crippen LogP contribution is 2.28. The lowest BCUT2D eigenvalue weighted by Crippen LogP contribution is -2.31. The predicted octanol–water partition coefficient (Wildman–Crippen LogP) is 2.37. The quantitative estimate of drug-likeness (QED) is 0.744. The van der Waals surface area contributed by atoms with E-state index in [1.54, 1.807) is 7.11 Å². The number of hydrogen-bond donors (Lipinski definition) is 1. The van der Waals surface area contributed by atoms with E-state index in [-0.39, 0.29) is 0 Å². The van der Waals surface area contributed by atoms with Gasteiger partial charge in [-0.25, -0.2) is 0 Å². The highest BCUT2D eigenvalue weighted by molar-refractivity contribution is 5.24. The van der Waals surface area contributed by atoms with Gasteiger partial charge < -0.3 is 15.0 Å². The molecule has 0 aromatic heterocycles. The van der Waals surface area contributed by atoms with Crippen LogP contribution in [0.2, 0.25) is 0 Å². The van der Waals surface area contributed by atoms with Crippen LogP contribution in [-0.2, 0) is 17.5 Å². The van der Waals surface area contributed by atoms with Crippen LogP contribution >= 0.6 is 0 Å².